The molecule has 0 fully saturated rings. The van der Waals surface area contributed by atoms with Crippen molar-refractivity contribution in [3.63, 3.8) is 0 Å². The maximum absolute atomic E-state index is 13.3. The standard InChI is InChI=1S/C13H8BrF3N2OS/c1-5-9-11(20)7-3-6(14)4-8(13(15,16)17)10(7)19(2)12(9)21-18-5/h3-4H,1-2H3. The second kappa shape index (κ2) is 4.54. The first-order chi connectivity index (χ1) is 9.71. The van der Waals surface area contributed by atoms with Crippen LogP contribution in [0.15, 0.2) is 21.4 Å². The Morgan fingerprint density at radius 2 is 2.00 bits per heavy atom. The molecule has 0 spiro atoms. The molecule has 21 heavy (non-hydrogen) atoms. The van der Waals surface area contributed by atoms with Crippen LogP contribution in [0.3, 0.4) is 0 Å². The number of fused-ring (bicyclic) bond motifs is 2. The van der Waals surface area contributed by atoms with Crippen LogP contribution in [0.4, 0.5) is 13.2 Å². The van der Waals surface area contributed by atoms with Crippen molar-refractivity contribution in [2.45, 2.75) is 13.1 Å². The summed E-state index contributed by atoms with van der Waals surface area (Å²) in [7, 11) is 1.52. The Morgan fingerprint density at radius 3 is 2.62 bits per heavy atom. The first-order valence-corrected chi connectivity index (χ1v) is 7.44. The molecule has 2 aromatic heterocycles. The van der Waals surface area contributed by atoms with Gasteiger partial charge < -0.3 is 4.57 Å². The van der Waals surface area contributed by atoms with E-state index in [2.05, 4.69) is 20.3 Å². The first kappa shape index (κ1) is 14.5. The van der Waals surface area contributed by atoms with Crippen molar-refractivity contribution in [2.24, 2.45) is 7.05 Å². The summed E-state index contributed by atoms with van der Waals surface area (Å²) < 4.78 is 45.5. The molecular formula is C13H8BrF3N2OS. The van der Waals surface area contributed by atoms with Crippen LogP contribution >= 0.6 is 27.5 Å². The average molecular weight is 377 g/mol. The number of nitrogens with zero attached hydrogens (tertiary/aromatic N) is 2. The zero-order valence-electron chi connectivity index (χ0n) is 10.9. The number of aromatic nitrogens is 2. The third-order valence-electron chi connectivity index (χ3n) is 3.34. The van der Waals surface area contributed by atoms with Gasteiger partial charge in [0, 0.05) is 16.9 Å². The summed E-state index contributed by atoms with van der Waals surface area (Å²) >= 11 is 4.07. The molecule has 0 aliphatic rings. The number of pyridine rings is 1. The van der Waals surface area contributed by atoms with E-state index in [9.17, 15) is 18.0 Å². The Hall–Kier alpha value is -1.41. The van der Waals surface area contributed by atoms with Crippen LogP contribution in [-0.4, -0.2) is 8.94 Å². The minimum atomic E-state index is -4.54. The highest BCUT2D eigenvalue weighted by Gasteiger charge is 2.35. The van der Waals surface area contributed by atoms with E-state index in [0.29, 0.717) is 15.9 Å². The van der Waals surface area contributed by atoms with Crippen LogP contribution in [0.1, 0.15) is 11.3 Å². The highest BCUT2D eigenvalue weighted by atomic mass is 79.9. The van der Waals surface area contributed by atoms with E-state index in [-0.39, 0.29) is 15.4 Å². The molecule has 0 unspecified atom stereocenters. The van der Waals surface area contributed by atoms with Gasteiger partial charge in [-0.25, -0.2) is 0 Å². The van der Waals surface area contributed by atoms with Crippen molar-refractivity contribution in [1.29, 1.82) is 0 Å². The number of hydrogen-bond donors (Lipinski definition) is 0. The summed E-state index contributed by atoms with van der Waals surface area (Å²) in [5.41, 5.74) is -0.839. The fourth-order valence-corrected chi connectivity index (χ4v) is 3.75. The zero-order valence-corrected chi connectivity index (χ0v) is 13.3. The molecule has 3 rings (SSSR count). The fraction of sp³-hybridized carbons (Fsp3) is 0.231. The Morgan fingerprint density at radius 1 is 1.33 bits per heavy atom. The molecule has 0 aliphatic heterocycles. The van der Waals surface area contributed by atoms with Gasteiger partial charge in [-0.3, -0.25) is 4.79 Å². The summed E-state index contributed by atoms with van der Waals surface area (Å²) in [6, 6.07) is 2.41. The van der Waals surface area contributed by atoms with Gasteiger partial charge in [-0.1, -0.05) is 15.9 Å². The quantitative estimate of drug-likeness (QED) is 0.588. The highest BCUT2D eigenvalue weighted by molar-refractivity contribution is 9.10. The van der Waals surface area contributed by atoms with Crippen LogP contribution in [-0.2, 0) is 13.2 Å². The summed E-state index contributed by atoms with van der Waals surface area (Å²) in [5, 5.41) is 0.413. The molecule has 110 valence electrons. The Labute approximate surface area is 129 Å². The van der Waals surface area contributed by atoms with Crippen LogP contribution in [0.25, 0.3) is 21.1 Å². The Bertz CT molecular complexity index is 943. The monoisotopic (exact) mass is 376 g/mol. The number of alkyl halides is 3. The van der Waals surface area contributed by atoms with Crippen LogP contribution in [0.2, 0.25) is 0 Å². The van der Waals surface area contributed by atoms with E-state index in [1.54, 1.807) is 6.92 Å². The lowest BCUT2D eigenvalue weighted by Crippen LogP contribution is -2.14. The first-order valence-electron chi connectivity index (χ1n) is 5.87. The van der Waals surface area contributed by atoms with Crippen molar-refractivity contribution in [3.8, 4) is 0 Å². The van der Waals surface area contributed by atoms with E-state index < -0.39 is 17.2 Å². The molecule has 0 radical (unpaired) electrons. The van der Waals surface area contributed by atoms with Gasteiger partial charge in [0.15, 0.2) is 5.43 Å². The van der Waals surface area contributed by atoms with Gasteiger partial charge in [-0.05, 0) is 30.6 Å². The number of halogens is 4. The molecule has 0 aliphatic carbocycles. The maximum Gasteiger partial charge on any atom is 0.418 e. The number of benzene rings is 1. The highest BCUT2D eigenvalue weighted by Crippen LogP contribution is 2.37. The van der Waals surface area contributed by atoms with Gasteiger partial charge in [0.05, 0.1) is 22.2 Å². The molecule has 0 saturated carbocycles. The molecule has 0 bridgehead atoms. The third-order valence-corrected chi connectivity index (χ3v) is 4.81. The van der Waals surface area contributed by atoms with Crippen molar-refractivity contribution in [2.75, 3.05) is 0 Å². The molecule has 8 heteroatoms. The smallest absolute Gasteiger partial charge is 0.333 e. The van der Waals surface area contributed by atoms with Gasteiger partial charge in [-0.15, -0.1) is 0 Å². The second-order valence-corrected chi connectivity index (χ2v) is 6.35. The van der Waals surface area contributed by atoms with E-state index in [1.807, 2.05) is 0 Å². The maximum atomic E-state index is 13.3. The van der Waals surface area contributed by atoms with Gasteiger partial charge >= 0.3 is 6.18 Å². The molecule has 0 atom stereocenters. The van der Waals surface area contributed by atoms with E-state index in [4.69, 9.17) is 0 Å². The van der Waals surface area contributed by atoms with Gasteiger partial charge in [0.2, 0.25) is 0 Å². The molecule has 0 amide bonds. The zero-order chi connectivity index (χ0) is 15.5. The normalized spacial score (nSPS) is 12.5. The van der Waals surface area contributed by atoms with Crippen LogP contribution < -0.4 is 5.43 Å². The molecule has 2 heterocycles. The topological polar surface area (TPSA) is 34.9 Å². The van der Waals surface area contributed by atoms with E-state index in [0.717, 1.165) is 17.6 Å². The molecular weight excluding hydrogens is 369 g/mol. The predicted molar refractivity (Wildman–Crippen MR) is 79.8 cm³/mol. The summed E-state index contributed by atoms with van der Waals surface area (Å²) in [6.45, 7) is 1.68. The van der Waals surface area contributed by atoms with Crippen LogP contribution in [0, 0.1) is 6.92 Å². The minimum Gasteiger partial charge on any atom is -0.333 e. The SMILES string of the molecule is Cc1nsc2c1c(=O)c1cc(Br)cc(C(F)(F)F)c1n2C. The number of hydrogen-bond acceptors (Lipinski definition) is 3. The largest absolute Gasteiger partial charge is 0.418 e. The molecule has 3 nitrogen and oxygen atoms in total. The Balaban J connectivity index is 2.68. The Kier molecular flexibility index (Phi) is 3.14. The van der Waals surface area contributed by atoms with Crippen molar-refractivity contribution >= 4 is 48.6 Å². The number of rotatable bonds is 0. The van der Waals surface area contributed by atoms with E-state index in [1.165, 1.54) is 17.7 Å². The van der Waals surface area contributed by atoms with E-state index >= 15 is 0 Å². The van der Waals surface area contributed by atoms with Gasteiger partial charge in [-0.2, -0.15) is 17.5 Å². The lowest BCUT2D eigenvalue weighted by molar-refractivity contribution is -0.136. The van der Waals surface area contributed by atoms with Crippen molar-refractivity contribution < 1.29 is 13.2 Å². The molecule has 0 saturated heterocycles. The van der Waals surface area contributed by atoms with Crippen LogP contribution in [0.5, 0.6) is 0 Å². The van der Waals surface area contributed by atoms with Gasteiger partial charge in [0.1, 0.15) is 4.83 Å². The lowest BCUT2D eigenvalue weighted by Gasteiger charge is -2.15. The molecule has 0 N–H and O–H groups in total. The summed E-state index contributed by atoms with van der Waals surface area (Å²) in [4.78, 5) is 13.0. The summed E-state index contributed by atoms with van der Waals surface area (Å²) in [5.74, 6) is 0. The summed E-state index contributed by atoms with van der Waals surface area (Å²) in [6.07, 6.45) is -4.54. The fourth-order valence-electron chi connectivity index (χ4n) is 2.43. The minimum absolute atomic E-state index is 0.0370. The van der Waals surface area contributed by atoms with Crippen molar-refractivity contribution in [1.82, 2.24) is 8.94 Å². The average Bonchev–Trinajstić information content (AvgIpc) is 2.76. The molecule has 1 aromatic carbocycles. The van der Waals surface area contributed by atoms with Crippen molar-refractivity contribution in [3.05, 3.63) is 38.1 Å². The third kappa shape index (κ3) is 2.08. The number of aryl methyl sites for hydroxylation is 2. The predicted octanol–water partition coefficient (Wildman–Crippen LogP) is 4.24. The second-order valence-electron chi connectivity index (χ2n) is 4.68. The lowest BCUT2D eigenvalue weighted by atomic mass is 10.1. The molecule has 3 aromatic rings. The van der Waals surface area contributed by atoms with Gasteiger partial charge in [0.25, 0.3) is 0 Å².